The van der Waals surface area contributed by atoms with Crippen LogP contribution in [0, 0.1) is 11.6 Å². The number of rotatable bonds is 2. The third-order valence-electron chi connectivity index (χ3n) is 2.76. The van der Waals surface area contributed by atoms with Gasteiger partial charge in [-0.25, -0.2) is 8.78 Å². The van der Waals surface area contributed by atoms with E-state index in [9.17, 15) is 8.78 Å². The SMILES string of the molecule is Fc1cccc(F)c1NC1CCCOCC1. The van der Waals surface area contributed by atoms with Crippen LogP contribution in [0.15, 0.2) is 18.2 Å². The van der Waals surface area contributed by atoms with Gasteiger partial charge in [-0.1, -0.05) is 6.07 Å². The number of nitrogens with one attached hydrogen (secondary N) is 1. The highest BCUT2D eigenvalue weighted by Crippen LogP contribution is 2.21. The van der Waals surface area contributed by atoms with Crippen LogP contribution < -0.4 is 5.32 Å². The molecule has 1 heterocycles. The summed E-state index contributed by atoms with van der Waals surface area (Å²) < 4.78 is 32.0. The smallest absolute Gasteiger partial charge is 0.149 e. The molecule has 0 saturated carbocycles. The van der Waals surface area contributed by atoms with Crippen LogP contribution in [-0.2, 0) is 4.74 Å². The summed E-state index contributed by atoms with van der Waals surface area (Å²) in [6, 6.07) is 3.98. The minimum Gasteiger partial charge on any atom is -0.381 e. The van der Waals surface area contributed by atoms with Crippen molar-refractivity contribution in [2.45, 2.75) is 25.3 Å². The molecule has 88 valence electrons. The van der Waals surface area contributed by atoms with Crippen LogP contribution in [0.1, 0.15) is 19.3 Å². The summed E-state index contributed by atoms with van der Waals surface area (Å²) in [7, 11) is 0. The second kappa shape index (κ2) is 5.25. The van der Waals surface area contributed by atoms with E-state index in [0.29, 0.717) is 6.61 Å². The summed E-state index contributed by atoms with van der Waals surface area (Å²) in [5.74, 6) is -1.07. The topological polar surface area (TPSA) is 21.3 Å². The van der Waals surface area contributed by atoms with E-state index < -0.39 is 11.6 Å². The second-order valence-electron chi connectivity index (χ2n) is 3.98. The number of halogens is 2. The lowest BCUT2D eigenvalue weighted by molar-refractivity contribution is 0.144. The van der Waals surface area contributed by atoms with Gasteiger partial charge in [0.2, 0.25) is 0 Å². The van der Waals surface area contributed by atoms with E-state index in [1.54, 1.807) is 0 Å². The Hall–Kier alpha value is -1.16. The van der Waals surface area contributed by atoms with Crippen LogP contribution >= 0.6 is 0 Å². The van der Waals surface area contributed by atoms with Gasteiger partial charge in [-0.2, -0.15) is 0 Å². The quantitative estimate of drug-likeness (QED) is 0.838. The molecule has 1 aliphatic rings. The first-order valence-corrected chi connectivity index (χ1v) is 5.55. The zero-order chi connectivity index (χ0) is 11.4. The molecule has 0 aliphatic carbocycles. The third-order valence-corrected chi connectivity index (χ3v) is 2.76. The molecule has 2 nitrogen and oxygen atoms in total. The minimum absolute atomic E-state index is 0.0191. The molecule has 0 radical (unpaired) electrons. The lowest BCUT2D eigenvalue weighted by Gasteiger charge is -2.17. The van der Waals surface area contributed by atoms with Crippen LogP contribution in [0.3, 0.4) is 0 Å². The molecule has 16 heavy (non-hydrogen) atoms. The van der Waals surface area contributed by atoms with E-state index in [2.05, 4.69) is 5.32 Å². The second-order valence-corrected chi connectivity index (χ2v) is 3.98. The maximum Gasteiger partial charge on any atom is 0.149 e. The maximum absolute atomic E-state index is 13.4. The molecule has 0 bridgehead atoms. The van der Waals surface area contributed by atoms with E-state index in [4.69, 9.17) is 4.74 Å². The van der Waals surface area contributed by atoms with E-state index in [1.807, 2.05) is 0 Å². The highest BCUT2D eigenvalue weighted by atomic mass is 19.1. The first-order chi connectivity index (χ1) is 7.77. The zero-order valence-electron chi connectivity index (χ0n) is 9.01. The molecule has 0 amide bonds. The Morgan fingerprint density at radius 3 is 2.62 bits per heavy atom. The molecule has 1 unspecified atom stereocenters. The molecule has 1 atom stereocenters. The van der Waals surface area contributed by atoms with E-state index in [0.717, 1.165) is 25.9 Å². The number of para-hydroxylation sites is 1. The number of hydrogen-bond acceptors (Lipinski definition) is 2. The fourth-order valence-electron chi connectivity index (χ4n) is 1.89. The molecule has 1 fully saturated rings. The zero-order valence-corrected chi connectivity index (χ0v) is 9.01. The van der Waals surface area contributed by atoms with Crippen molar-refractivity contribution in [3.05, 3.63) is 29.8 Å². The van der Waals surface area contributed by atoms with E-state index >= 15 is 0 Å². The van der Waals surface area contributed by atoms with Crippen molar-refractivity contribution in [3.8, 4) is 0 Å². The minimum atomic E-state index is -0.537. The van der Waals surface area contributed by atoms with Gasteiger partial charge in [-0.05, 0) is 31.4 Å². The first-order valence-electron chi connectivity index (χ1n) is 5.55. The van der Waals surface area contributed by atoms with E-state index in [1.165, 1.54) is 18.2 Å². The highest BCUT2D eigenvalue weighted by Gasteiger charge is 2.16. The molecular formula is C12H15F2NO. The Kier molecular flexibility index (Phi) is 3.72. The van der Waals surface area contributed by atoms with Crippen molar-refractivity contribution in [3.63, 3.8) is 0 Å². The monoisotopic (exact) mass is 227 g/mol. The molecule has 0 aromatic heterocycles. The fraction of sp³-hybridized carbons (Fsp3) is 0.500. The average molecular weight is 227 g/mol. The van der Waals surface area contributed by atoms with Crippen LogP contribution in [0.5, 0.6) is 0 Å². The van der Waals surface area contributed by atoms with Crippen LogP contribution in [0.4, 0.5) is 14.5 Å². The van der Waals surface area contributed by atoms with Gasteiger partial charge in [-0.15, -0.1) is 0 Å². The van der Waals surface area contributed by atoms with Gasteiger partial charge in [0, 0.05) is 19.3 Å². The summed E-state index contributed by atoms with van der Waals surface area (Å²) in [6.45, 7) is 1.38. The van der Waals surface area contributed by atoms with Crippen LogP contribution in [-0.4, -0.2) is 19.3 Å². The Morgan fingerprint density at radius 1 is 1.12 bits per heavy atom. The van der Waals surface area contributed by atoms with Gasteiger partial charge in [0.15, 0.2) is 0 Å². The molecule has 1 aromatic rings. The number of ether oxygens (including phenoxy) is 1. The number of anilines is 1. The highest BCUT2D eigenvalue weighted by molar-refractivity contribution is 5.46. The standard InChI is InChI=1S/C12H15F2NO/c13-10-4-1-5-11(14)12(10)15-9-3-2-7-16-8-6-9/h1,4-5,9,15H,2-3,6-8H2. The Morgan fingerprint density at radius 2 is 1.88 bits per heavy atom. The predicted octanol–water partition coefficient (Wildman–Crippen LogP) is 2.95. The van der Waals surface area contributed by atoms with Gasteiger partial charge < -0.3 is 10.1 Å². The number of benzene rings is 1. The molecule has 1 saturated heterocycles. The summed E-state index contributed by atoms with van der Waals surface area (Å²) in [5, 5.41) is 2.93. The third kappa shape index (κ3) is 2.70. The van der Waals surface area contributed by atoms with Gasteiger partial charge >= 0.3 is 0 Å². The Balaban J connectivity index is 2.07. The fourth-order valence-corrected chi connectivity index (χ4v) is 1.89. The van der Waals surface area contributed by atoms with Gasteiger partial charge in [0.1, 0.15) is 17.3 Å². The largest absolute Gasteiger partial charge is 0.381 e. The molecule has 0 spiro atoms. The lowest BCUT2D eigenvalue weighted by Crippen LogP contribution is -2.21. The van der Waals surface area contributed by atoms with Gasteiger partial charge in [0.25, 0.3) is 0 Å². The normalized spacial score (nSPS) is 21.5. The van der Waals surface area contributed by atoms with Crippen molar-refractivity contribution >= 4 is 5.69 Å². The predicted molar refractivity (Wildman–Crippen MR) is 58.4 cm³/mol. The van der Waals surface area contributed by atoms with Crippen molar-refractivity contribution in [1.82, 2.24) is 0 Å². The molecule has 4 heteroatoms. The maximum atomic E-state index is 13.4. The Labute approximate surface area is 93.6 Å². The van der Waals surface area contributed by atoms with Gasteiger partial charge in [-0.3, -0.25) is 0 Å². The van der Waals surface area contributed by atoms with Crippen molar-refractivity contribution < 1.29 is 13.5 Å². The average Bonchev–Trinajstić information content (AvgIpc) is 2.52. The van der Waals surface area contributed by atoms with Gasteiger partial charge in [0.05, 0.1) is 0 Å². The van der Waals surface area contributed by atoms with E-state index in [-0.39, 0.29) is 11.7 Å². The van der Waals surface area contributed by atoms with Crippen molar-refractivity contribution in [1.29, 1.82) is 0 Å². The summed E-state index contributed by atoms with van der Waals surface area (Å²) >= 11 is 0. The molecule has 1 N–H and O–H groups in total. The number of hydrogen-bond donors (Lipinski definition) is 1. The molecular weight excluding hydrogens is 212 g/mol. The lowest BCUT2D eigenvalue weighted by atomic mass is 10.1. The van der Waals surface area contributed by atoms with Crippen molar-refractivity contribution in [2.75, 3.05) is 18.5 Å². The van der Waals surface area contributed by atoms with Crippen LogP contribution in [0.25, 0.3) is 0 Å². The summed E-state index contributed by atoms with van der Waals surface area (Å²) in [5.41, 5.74) is -0.0191. The van der Waals surface area contributed by atoms with Crippen LogP contribution in [0.2, 0.25) is 0 Å². The molecule has 2 rings (SSSR count). The molecule has 1 aromatic carbocycles. The van der Waals surface area contributed by atoms with Crippen molar-refractivity contribution in [2.24, 2.45) is 0 Å². The Bertz CT molecular complexity index is 329. The molecule has 1 aliphatic heterocycles. The first kappa shape index (κ1) is 11.3. The summed E-state index contributed by atoms with van der Waals surface area (Å²) in [4.78, 5) is 0. The summed E-state index contributed by atoms with van der Waals surface area (Å²) in [6.07, 6.45) is 2.59.